The van der Waals surface area contributed by atoms with Gasteiger partial charge in [-0.2, -0.15) is 12.7 Å². The Balaban J connectivity index is 1.91. The average molecular weight is 349 g/mol. The van der Waals surface area contributed by atoms with E-state index < -0.39 is 10.2 Å². The van der Waals surface area contributed by atoms with E-state index in [1.165, 1.54) is 11.4 Å². The molecule has 0 amide bonds. The third-order valence-electron chi connectivity index (χ3n) is 3.10. The van der Waals surface area contributed by atoms with E-state index in [0.717, 1.165) is 10.2 Å². The molecular formula is C12H17BrN2O3S. The highest BCUT2D eigenvalue weighted by Crippen LogP contribution is 2.22. The topological polar surface area (TPSA) is 58.6 Å². The molecule has 0 spiro atoms. The molecule has 1 aliphatic heterocycles. The lowest BCUT2D eigenvalue weighted by atomic mass is 10.1. The molecule has 0 radical (unpaired) electrons. The van der Waals surface area contributed by atoms with Crippen molar-refractivity contribution >= 4 is 26.1 Å². The van der Waals surface area contributed by atoms with Gasteiger partial charge >= 0.3 is 0 Å². The molecule has 5 nitrogen and oxygen atoms in total. The molecule has 0 bridgehead atoms. The summed E-state index contributed by atoms with van der Waals surface area (Å²) in [4.78, 5) is 0. The summed E-state index contributed by atoms with van der Waals surface area (Å²) in [6.45, 7) is 0.976. The van der Waals surface area contributed by atoms with Crippen molar-refractivity contribution in [3.8, 4) is 5.75 Å². The lowest BCUT2D eigenvalue weighted by Crippen LogP contribution is -2.45. The predicted octanol–water partition coefficient (Wildman–Crippen LogP) is 1.76. The highest BCUT2D eigenvalue weighted by Gasteiger charge is 2.27. The lowest BCUT2D eigenvalue weighted by molar-refractivity contribution is 0.134. The number of nitrogens with zero attached hydrogens (tertiary/aromatic N) is 1. The van der Waals surface area contributed by atoms with E-state index in [2.05, 4.69) is 20.7 Å². The van der Waals surface area contributed by atoms with Gasteiger partial charge in [0, 0.05) is 24.6 Å². The van der Waals surface area contributed by atoms with Crippen molar-refractivity contribution in [3.63, 3.8) is 0 Å². The van der Waals surface area contributed by atoms with Gasteiger partial charge in [-0.15, -0.1) is 0 Å². The van der Waals surface area contributed by atoms with Crippen molar-refractivity contribution in [1.29, 1.82) is 0 Å². The molecule has 0 aliphatic carbocycles. The minimum atomic E-state index is -3.30. The molecule has 1 aliphatic rings. The number of halogens is 1. The Morgan fingerprint density at radius 1 is 1.37 bits per heavy atom. The van der Waals surface area contributed by atoms with E-state index in [1.54, 1.807) is 0 Å². The average Bonchev–Trinajstić information content (AvgIpc) is 2.39. The van der Waals surface area contributed by atoms with Crippen molar-refractivity contribution in [1.82, 2.24) is 9.03 Å². The van der Waals surface area contributed by atoms with Crippen LogP contribution in [0.2, 0.25) is 0 Å². The second kappa shape index (κ2) is 6.21. The second-order valence-corrected chi connectivity index (χ2v) is 7.17. The molecular weight excluding hydrogens is 332 g/mol. The zero-order valence-corrected chi connectivity index (χ0v) is 13.1. The number of benzene rings is 1. The standard InChI is InChI=1S/C12H17BrN2O3S/c1-14-19(16,17)15-7-5-11(6-8-15)18-12-4-2-3-10(13)9-12/h2-4,9,11,14H,5-8H2,1H3. The molecule has 2 rings (SSSR count). The molecule has 19 heavy (non-hydrogen) atoms. The zero-order chi connectivity index (χ0) is 13.9. The highest BCUT2D eigenvalue weighted by atomic mass is 79.9. The van der Waals surface area contributed by atoms with Gasteiger partial charge in [0.2, 0.25) is 0 Å². The molecule has 1 aromatic carbocycles. The number of piperidine rings is 1. The summed E-state index contributed by atoms with van der Waals surface area (Å²) in [5.41, 5.74) is 0. The maximum Gasteiger partial charge on any atom is 0.279 e. The quantitative estimate of drug-likeness (QED) is 0.901. The summed E-state index contributed by atoms with van der Waals surface area (Å²) >= 11 is 3.40. The number of ether oxygens (including phenoxy) is 1. The molecule has 1 N–H and O–H groups in total. The fourth-order valence-electron chi connectivity index (χ4n) is 2.05. The molecule has 1 aromatic rings. The summed E-state index contributed by atoms with van der Waals surface area (Å²) < 4.78 is 33.9. The van der Waals surface area contributed by atoms with E-state index in [0.29, 0.717) is 25.9 Å². The normalized spacial score (nSPS) is 18.4. The summed E-state index contributed by atoms with van der Waals surface area (Å²) in [6.07, 6.45) is 1.47. The van der Waals surface area contributed by atoms with Gasteiger partial charge in [0.1, 0.15) is 11.9 Å². The maximum absolute atomic E-state index is 11.6. The monoisotopic (exact) mass is 348 g/mol. The van der Waals surface area contributed by atoms with Crippen LogP contribution in [-0.4, -0.2) is 39.0 Å². The molecule has 1 fully saturated rings. The van der Waals surface area contributed by atoms with Crippen molar-refractivity contribution in [2.45, 2.75) is 18.9 Å². The molecule has 1 heterocycles. The van der Waals surface area contributed by atoms with Crippen molar-refractivity contribution in [2.24, 2.45) is 0 Å². The zero-order valence-electron chi connectivity index (χ0n) is 10.7. The fraction of sp³-hybridized carbons (Fsp3) is 0.500. The van der Waals surface area contributed by atoms with Gasteiger partial charge in [0.05, 0.1) is 0 Å². The Hall–Kier alpha value is -0.630. The Kier molecular flexibility index (Phi) is 4.83. The van der Waals surface area contributed by atoms with Gasteiger partial charge < -0.3 is 4.74 Å². The first-order chi connectivity index (χ1) is 9.01. The predicted molar refractivity (Wildman–Crippen MR) is 77.3 cm³/mol. The lowest BCUT2D eigenvalue weighted by Gasteiger charge is -2.31. The van der Waals surface area contributed by atoms with Gasteiger partial charge in [-0.05, 0) is 31.0 Å². The molecule has 0 unspecified atom stereocenters. The summed E-state index contributed by atoms with van der Waals surface area (Å²) in [5.74, 6) is 0.810. The minimum Gasteiger partial charge on any atom is -0.490 e. The van der Waals surface area contributed by atoms with Crippen LogP contribution in [0.4, 0.5) is 0 Å². The summed E-state index contributed by atoms with van der Waals surface area (Å²) in [5, 5.41) is 0. The van der Waals surface area contributed by atoms with Gasteiger partial charge in [-0.1, -0.05) is 22.0 Å². The van der Waals surface area contributed by atoms with Gasteiger partial charge in [-0.3, -0.25) is 0 Å². The third-order valence-corrected chi connectivity index (χ3v) is 5.15. The largest absolute Gasteiger partial charge is 0.490 e. The smallest absolute Gasteiger partial charge is 0.279 e. The van der Waals surface area contributed by atoms with Crippen LogP contribution in [0.3, 0.4) is 0 Å². The number of nitrogens with one attached hydrogen (secondary N) is 1. The van der Waals surface area contributed by atoms with Crippen LogP contribution in [-0.2, 0) is 10.2 Å². The fourth-order valence-corrected chi connectivity index (χ4v) is 3.38. The van der Waals surface area contributed by atoms with Gasteiger partial charge in [0.15, 0.2) is 0 Å². The van der Waals surface area contributed by atoms with Gasteiger partial charge in [0.25, 0.3) is 10.2 Å². The Bertz CT molecular complexity index is 528. The van der Waals surface area contributed by atoms with Crippen LogP contribution >= 0.6 is 15.9 Å². The molecule has 106 valence electrons. The summed E-state index contributed by atoms with van der Waals surface area (Å²) in [6, 6.07) is 7.67. The molecule has 7 heteroatoms. The van der Waals surface area contributed by atoms with Crippen molar-refractivity contribution < 1.29 is 13.2 Å². The summed E-state index contributed by atoms with van der Waals surface area (Å²) in [7, 11) is -1.87. The Morgan fingerprint density at radius 3 is 2.63 bits per heavy atom. The molecule has 0 aromatic heterocycles. The Labute approximate surface area is 122 Å². The van der Waals surface area contributed by atoms with Crippen LogP contribution in [0.15, 0.2) is 28.7 Å². The van der Waals surface area contributed by atoms with E-state index in [4.69, 9.17) is 4.74 Å². The Morgan fingerprint density at radius 2 is 2.05 bits per heavy atom. The number of hydrogen-bond acceptors (Lipinski definition) is 3. The molecule has 0 atom stereocenters. The maximum atomic E-state index is 11.6. The number of rotatable bonds is 4. The SMILES string of the molecule is CNS(=O)(=O)N1CCC(Oc2cccc(Br)c2)CC1. The van der Waals surface area contributed by atoms with Crippen LogP contribution in [0.1, 0.15) is 12.8 Å². The highest BCUT2D eigenvalue weighted by molar-refractivity contribution is 9.10. The van der Waals surface area contributed by atoms with Gasteiger partial charge in [-0.25, -0.2) is 4.72 Å². The first-order valence-electron chi connectivity index (χ1n) is 6.12. The molecule has 1 saturated heterocycles. The van der Waals surface area contributed by atoms with Crippen LogP contribution in [0.25, 0.3) is 0 Å². The van der Waals surface area contributed by atoms with E-state index in [1.807, 2.05) is 24.3 Å². The first kappa shape index (κ1) is 14.8. The second-order valence-electron chi connectivity index (χ2n) is 4.38. The van der Waals surface area contributed by atoms with E-state index in [9.17, 15) is 8.42 Å². The number of hydrogen-bond donors (Lipinski definition) is 1. The minimum absolute atomic E-state index is 0.0672. The van der Waals surface area contributed by atoms with E-state index in [-0.39, 0.29) is 6.10 Å². The van der Waals surface area contributed by atoms with Crippen LogP contribution < -0.4 is 9.46 Å². The third kappa shape index (κ3) is 3.92. The van der Waals surface area contributed by atoms with Crippen LogP contribution in [0, 0.1) is 0 Å². The van der Waals surface area contributed by atoms with E-state index >= 15 is 0 Å². The van der Waals surface area contributed by atoms with Crippen molar-refractivity contribution in [2.75, 3.05) is 20.1 Å². The van der Waals surface area contributed by atoms with Crippen LogP contribution in [0.5, 0.6) is 5.75 Å². The van der Waals surface area contributed by atoms with Crippen molar-refractivity contribution in [3.05, 3.63) is 28.7 Å². The first-order valence-corrected chi connectivity index (χ1v) is 8.35. The molecule has 0 saturated carbocycles.